The van der Waals surface area contributed by atoms with Crippen molar-refractivity contribution >= 4 is 0 Å². The summed E-state index contributed by atoms with van der Waals surface area (Å²) in [7, 11) is 0. The fourth-order valence-electron chi connectivity index (χ4n) is 0.534. The molecule has 0 aromatic heterocycles. The molecule has 0 atom stereocenters. The molecule has 0 unspecified atom stereocenters. The Hall–Kier alpha value is -1.24. The van der Waals surface area contributed by atoms with Crippen molar-refractivity contribution in [3.05, 3.63) is 48.7 Å². The van der Waals surface area contributed by atoms with E-state index in [2.05, 4.69) is 31.4 Å². The van der Waals surface area contributed by atoms with Gasteiger partial charge >= 0.3 is 0 Å². The summed E-state index contributed by atoms with van der Waals surface area (Å²) in [5, 5.41) is 0. The van der Waals surface area contributed by atoms with Crippen LogP contribution in [0.3, 0.4) is 0 Å². The van der Waals surface area contributed by atoms with E-state index in [1.165, 1.54) is 11.8 Å². The molecule has 1 heteroatoms. The highest BCUT2D eigenvalue weighted by molar-refractivity contribution is 5.11. The summed E-state index contributed by atoms with van der Waals surface area (Å²) < 4.78 is 0. The predicted octanol–water partition coefficient (Wildman–Crippen LogP) is 2.08. The summed E-state index contributed by atoms with van der Waals surface area (Å²) in [6, 6.07) is 10.3. The van der Waals surface area contributed by atoms with Crippen LogP contribution in [0.5, 0.6) is 0 Å². The predicted molar refractivity (Wildman–Crippen MR) is 45.6 cm³/mol. The van der Waals surface area contributed by atoms with Crippen LogP contribution in [0.1, 0.15) is 5.56 Å². The zero-order valence-corrected chi connectivity index (χ0v) is 6.25. The van der Waals surface area contributed by atoms with Crippen molar-refractivity contribution in [3.8, 4) is 0 Å². The first-order valence-electron chi connectivity index (χ1n) is 3.15. The van der Waals surface area contributed by atoms with Gasteiger partial charge in [-0.15, -0.1) is 0 Å². The van der Waals surface area contributed by atoms with Crippen molar-refractivity contribution < 1.29 is 0 Å². The molecular formula is C9H13N. The number of benzene rings is 1. The van der Waals surface area contributed by atoms with Gasteiger partial charge in [-0.1, -0.05) is 42.5 Å². The van der Waals surface area contributed by atoms with Gasteiger partial charge in [-0.25, -0.2) is 0 Å². The van der Waals surface area contributed by atoms with E-state index in [0.29, 0.717) is 0 Å². The molecular weight excluding hydrogens is 122 g/mol. The summed E-state index contributed by atoms with van der Waals surface area (Å²) in [5.41, 5.74) is 5.93. The van der Waals surface area contributed by atoms with E-state index >= 15 is 0 Å². The second kappa shape index (κ2) is 5.89. The second-order valence-corrected chi connectivity index (χ2v) is 1.89. The van der Waals surface area contributed by atoms with Crippen molar-refractivity contribution in [1.82, 2.24) is 0 Å². The molecule has 0 bridgehead atoms. The zero-order valence-electron chi connectivity index (χ0n) is 6.25. The molecule has 1 aromatic carbocycles. The Labute approximate surface area is 62.2 Å². The summed E-state index contributed by atoms with van der Waals surface area (Å²) >= 11 is 0. The van der Waals surface area contributed by atoms with E-state index in [1.807, 2.05) is 18.2 Å². The summed E-state index contributed by atoms with van der Waals surface area (Å²) in [6.07, 6.45) is 1.25. The molecule has 0 amide bonds. The van der Waals surface area contributed by atoms with Crippen LogP contribution in [0.4, 0.5) is 0 Å². The Bertz CT molecular complexity index is 167. The summed E-state index contributed by atoms with van der Waals surface area (Å²) in [5.74, 6) is 0. The first kappa shape index (κ1) is 8.76. The second-order valence-electron chi connectivity index (χ2n) is 1.89. The maximum Gasteiger partial charge on any atom is -0.0136 e. The Morgan fingerprint density at radius 3 is 1.90 bits per heavy atom. The standard InChI is InChI=1S/C7H8.C2H5N/c1-7-5-3-2-4-6-7;1-2-3/h2-6H,1H3;2H,1,3H2. The van der Waals surface area contributed by atoms with E-state index in [-0.39, 0.29) is 0 Å². The highest BCUT2D eigenvalue weighted by Gasteiger charge is 1.72. The van der Waals surface area contributed by atoms with Crippen LogP contribution in [0.25, 0.3) is 0 Å². The molecule has 1 nitrogen and oxygen atoms in total. The van der Waals surface area contributed by atoms with Crippen LogP contribution < -0.4 is 5.73 Å². The molecule has 0 aliphatic carbocycles. The third kappa shape index (κ3) is 4.91. The van der Waals surface area contributed by atoms with E-state index in [4.69, 9.17) is 0 Å². The van der Waals surface area contributed by atoms with Crippen LogP contribution >= 0.6 is 0 Å². The van der Waals surface area contributed by atoms with Gasteiger partial charge in [-0.05, 0) is 13.1 Å². The lowest BCUT2D eigenvalue weighted by Gasteiger charge is -1.82. The first-order valence-corrected chi connectivity index (χ1v) is 3.15. The Morgan fingerprint density at radius 2 is 1.70 bits per heavy atom. The highest BCUT2D eigenvalue weighted by Crippen LogP contribution is 1.92. The molecule has 1 aromatic rings. The maximum absolute atomic E-state index is 4.61. The quantitative estimate of drug-likeness (QED) is 0.579. The average molecular weight is 135 g/mol. The number of aryl methyl sites for hydroxylation is 1. The molecule has 0 radical (unpaired) electrons. The lowest BCUT2D eigenvalue weighted by molar-refractivity contribution is 1.48. The summed E-state index contributed by atoms with van der Waals surface area (Å²) in [6.45, 7) is 5.22. The lowest BCUT2D eigenvalue weighted by atomic mass is 10.2. The number of hydrogen-bond donors (Lipinski definition) is 1. The zero-order chi connectivity index (χ0) is 7.82. The van der Waals surface area contributed by atoms with E-state index in [1.54, 1.807) is 0 Å². The normalized spacial score (nSPS) is 7.30. The Balaban J connectivity index is 0.000000236. The van der Waals surface area contributed by atoms with Crippen molar-refractivity contribution in [3.63, 3.8) is 0 Å². The Kier molecular flexibility index (Phi) is 5.16. The van der Waals surface area contributed by atoms with Crippen molar-refractivity contribution in [2.45, 2.75) is 6.92 Å². The fraction of sp³-hybridized carbons (Fsp3) is 0.111. The average Bonchev–Trinajstić information content (AvgIpc) is 1.91. The van der Waals surface area contributed by atoms with E-state index in [0.717, 1.165) is 0 Å². The van der Waals surface area contributed by atoms with Crippen LogP contribution in [-0.2, 0) is 0 Å². The van der Waals surface area contributed by atoms with E-state index < -0.39 is 0 Å². The van der Waals surface area contributed by atoms with Crippen LogP contribution in [0, 0.1) is 6.92 Å². The van der Waals surface area contributed by atoms with E-state index in [9.17, 15) is 0 Å². The molecule has 0 fully saturated rings. The fourth-order valence-corrected chi connectivity index (χ4v) is 0.534. The number of hydrogen-bond acceptors (Lipinski definition) is 1. The van der Waals surface area contributed by atoms with Gasteiger partial charge in [0.25, 0.3) is 0 Å². The van der Waals surface area contributed by atoms with Gasteiger partial charge in [0.2, 0.25) is 0 Å². The molecule has 10 heavy (non-hydrogen) atoms. The minimum atomic E-state index is 1.25. The van der Waals surface area contributed by atoms with Gasteiger partial charge in [0, 0.05) is 0 Å². The third-order valence-corrected chi connectivity index (χ3v) is 0.940. The molecule has 1 rings (SSSR count). The molecule has 2 N–H and O–H groups in total. The number of nitrogens with two attached hydrogens (primary N) is 1. The molecule has 0 aliphatic rings. The van der Waals surface area contributed by atoms with Gasteiger partial charge in [0.1, 0.15) is 0 Å². The molecule has 0 spiro atoms. The molecule has 0 heterocycles. The third-order valence-electron chi connectivity index (χ3n) is 0.940. The minimum absolute atomic E-state index is 1.25. The molecule has 0 saturated carbocycles. The smallest absolute Gasteiger partial charge is 0.0136 e. The molecule has 54 valence electrons. The van der Waals surface area contributed by atoms with Gasteiger partial charge in [-0.2, -0.15) is 0 Å². The molecule has 0 aliphatic heterocycles. The number of rotatable bonds is 0. The Morgan fingerprint density at radius 1 is 1.30 bits per heavy atom. The van der Waals surface area contributed by atoms with Crippen LogP contribution in [-0.4, -0.2) is 0 Å². The van der Waals surface area contributed by atoms with Gasteiger partial charge in [0.05, 0.1) is 0 Å². The summed E-state index contributed by atoms with van der Waals surface area (Å²) in [4.78, 5) is 0. The minimum Gasteiger partial charge on any atom is -0.405 e. The monoisotopic (exact) mass is 135 g/mol. The van der Waals surface area contributed by atoms with Crippen molar-refractivity contribution in [2.75, 3.05) is 0 Å². The van der Waals surface area contributed by atoms with Crippen LogP contribution in [0.15, 0.2) is 43.1 Å². The highest BCUT2D eigenvalue weighted by atomic mass is 14.5. The lowest BCUT2D eigenvalue weighted by Crippen LogP contribution is -1.67. The van der Waals surface area contributed by atoms with Gasteiger partial charge < -0.3 is 5.73 Å². The van der Waals surface area contributed by atoms with Crippen molar-refractivity contribution in [2.24, 2.45) is 5.73 Å². The largest absolute Gasteiger partial charge is 0.405 e. The first-order chi connectivity index (χ1) is 4.81. The van der Waals surface area contributed by atoms with Crippen LogP contribution in [0.2, 0.25) is 0 Å². The van der Waals surface area contributed by atoms with Crippen molar-refractivity contribution in [1.29, 1.82) is 0 Å². The molecule has 0 saturated heterocycles. The van der Waals surface area contributed by atoms with Gasteiger partial charge in [0.15, 0.2) is 0 Å². The topological polar surface area (TPSA) is 26.0 Å². The maximum atomic E-state index is 4.61. The van der Waals surface area contributed by atoms with Gasteiger partial charge in [-0.3, -0.25) is 0 Å². The SMILES string of the molecule is C=CN.Cc1ccccc1.